The predicted molar refractivity (Wildman–Crippen MR) is 79.6 cm³/mol. The highest BCUT2D eigenvalue weighted by atomic mass is 19.1. The number of hydrogen-bond donors (Lipinski definition) is 1. The summed E-state index contributed by atoms with van der Waals surface area (Å²) in [5, 5.41) is 11.9. The van der Waals surface area contributed by atoms with Crippen LogP contribution in [0.5, 0.6) is 0 Å². The molecule has 1 amide bonds. The Morgan fingerprint density at radius 3 is 2.59 bits per heavy atom. The number of Topliss-reactive ketones (excluding diaryl/α,β-unsaturated/α-hetero) is 1. The third kappa shape index (κ3) is 3.70. The summed E-state index contributed by atoms with van der Waals surface area (Å²) in [6.07, 6.45) is 4.97. The van der Waals surface area contributed by atoms with Crippen molar-refractivity contribution in [2.45, 2.75) is 45.1 Å². The van der Waals surface area contributed by atoms with Crippen molar-refractivity contribution in [3.63, 3.8) is 0 Å². The van der Waals surface area contributed by atoms with E-state index in [1.54, 1.807) is 13.0 Å². The van der Waals surface area contributed by atoms with Gasteiger partial charge in [0.25, 0.3) is 0 Å². The highest BCUT2D eigenvalue weighted by Gasteiger charge is 2.29. The van der Waals surface area contributed by atoms with E-state index in [-0.39, 0.29) is 11.6 Å². The lowest BCUT2D eigenvalue weighted by atomic mass is 9.93. The number of nitrogens with zero attached hydrogens (tertiary/aromatic N) is 1. The lowest BCUT2D eigenvalue weighted by molar-refractivity contribution is -0.123. The van der Waals surface area contributed by atoms with Crippen molar-refractivity contribution in [3.05, 3.63) is 35.1 Å². The van der Waals surface area contributed by atoms with E-state index in [0.29, 0.717) is 5.56 Å². The van der Waals surface area contributed by atoms with E-state index in [2.05, 4.69) is 5.32 Å². The van der Waals surface area contributed by atoms with Crippen LogP contribution in [-0.2, 0) is 4.79 Å². The highest BCUT2D eigenvalue weighted by molar-refractivity contribution is 6.12. The van der Waals surface area contributed by atoms with Gasteiger partial charge in [-0.05, 0) is 31.4 Å². The first-order valence-corrected chi connectivity index (χ1v) is 7.53. The van der Waals surface area contributed by atoms with Crippen molar-refractivity contribution in [2.24, 2.45) is 5.92 Å². The molecule has 0 aliphatic heterocycles. The van der Waals surface area contributed by atoms with Gasteiger partial charge in [-0.25, -0.2) is 4.39 Å². The summed E-state index contributed by atoms with van der Waals surface area (Å²) in [5.41, 5.74) is 0.463. The molecule has 0 spiro atoms. The van der Waals surface area contributed by atoms with Gasteiger partial charge in [0, 0.05) is 11.6 Å². The number of benzene rings is 1. The minimum Gasteiger partial charge on any atom is -0.352 e. The number of aryl methyl sites for hydroxylation is 1. The molecule has 1 aliphatic rings. The van der Waals surface area contributed by atoms with E-state index in [4.69, 9.17) is 5.26 Å². The van der Waals surface area contributed by atoms with E-state index >= 15 is 0 Å². The number of ketones is 1. The summed E-state index contributed by atoms with van der Waals surface area (Å²) in [5.74, 6) is -3.19. The van der Waals surface area contributed by atoms with E-state index in [9.17, 15) is 14.0 Å². The maximum absolute atomic E-state index is 13.5. The number of halogens is 1. The second kappa shape index (κ2) is 7.17. The fourth-order valence-corrected chi connectivity index (χ4v) is 2.68. The van der Waals surface area contributed by atoms with E-state index in [1.807, 2.05) is 0 Å². The molecule has 0 radical (unpaired) electrons. The standard InChI is InChI=1S/C17H19FN2O2/c1-11-7-8-12(9-15(11)18)16(21)14(10-19)17(22)20-13-5-3-2-4-6-13/h7-9,13-14H,2-6H2,1H3,(H,20,22). The molecule has 1 fully saturated rings. The van der Waals surface area contributed by atoms with E-state index in [1.165, 1.54) is 12.1 Å². The van der Waals surface area contributed by atoms with Crippen molar-refractivity contribution >= 4 is 11.7 Å². The van der Waals surface area contributed by atoms with Gasteiger partial charge in [-0.15, -0.1) is 0 Å². The zero-order valence-electron chi connectivity index (χ0n) is 12.6. The normalized spacial score (nSPS) is 16.6. The molecule has 1 aromatic rings. The smallest absolute Gasteiger partial charge is 0.245 e. The minimum atomic E-state index is -1.43. The Balaban J connectivity index is 2.09. The summed E-state index contributed by atoms with van der Waals surface area (Å²) in [6, 6.07) is 5.76. The summed E-state index contributed by atoms with van der Waals surface area (Å²) in [6.45, 7) is 1.58. The van der Waals surface area contributed by atoms with Crippen molar-refractivity contribution in [1.82, 2.24) is 5.32 Å². The molecule has 116 valence electrons. The van der Waals surface area contributed by atoms with Gasteiger partial charge in [0.05, 0.1) is 6.07 Å². The Bertz CT molecular complexity index is 616. The molecule has 2 rings (SSSR count). The number of amides is 1. The SMILES string of the molecule is Cc1ccc(C(=O)C(C#N)C(=O)NC2CCCCC2)cc1F. The number of hydrogen-bond acceptors (Lipinski definition) is 3. The van der Waals surface area contributed by atoms with Crippen LogP contribution in [0.3, 0.4) is 0 Å². The third-order valence-electron chi connectivity index (χ3n) is 4.06. The van der Waals surface area contributed by atoms with Gasteiger partial charge in [-0.1, -0.05) is 31.4 Å². The topological polar surface area (TPSA) is 70.0 Å². The molecule has 1 aliphatic carbocycles. The quantitative estimate of drug-likeness (QED) is 0.686. The Labute approximate surface area is 129 Å². The van der Waals surface area contributed by atoms with Crippen LogP contribution in [0, 0.1) is 30.0 Å². The van der Waals surface area contributed by atoms with Gasteiger partial charge >= 0.3 is 0 Å². The van der Waals surface area contributed by atoms with E-state index in [0.717, 1.165) is 38.2 Å². The summed E-state index contributed by atoms with van der Waals surface area (Å²) in [4.78, 5) is 24.4. The van der Waals surface area contributed by atoms with Gasteiger partial charge in [-0.2, -0.15) is 5.26 Å². The Morgan fingerprint density at radius 1 is 1.32 bits per heavy atom. The highest BCUT2D eigenvalue weighted by Crippen LogP contribution is 2.19. The number of nitrogens with one attached hydrogen (secondary N) is 1. The first-order chi connectivity index (χ1) is 10.5. The summed E-state index contributed by atoms with van der Waals surface area (Å²) < 4.78 is 13.5. The van der Waals surface area contributed by atoms with Crippen LogP contribution >= 0.6 is 0 Å². The third-order valence-corrected chi connectivity index (χ3v) is 4.06. The molecular weight excluding hydrogens is 283 g/mol. The van der Waals surface area contributed by atoms with Gasteiger partial charge in [0.2, 0.25) is 5.91 Å². The summed E-state index contributed by atoms with van der Waals surface area (Å²) >= 11 is 0. The van der Waals surface area contributed by atoms with Gasteiger partial charge in [0.1, 0.15) is 5.82 Å². The van der Waals surface area contributed by atoms with E-state index < -0.39 is 23.4 Å². The Kier molecular flexibility index (Phi) is 5.26. The van der Waals surface area contributed by atoms with Crippen LogP contribution in [0.25, 0.3) is 0 Å². The molecule has 1 atom stereocenters. The van der Waals surface area contributed by atoms with Crippen LogP contribution in [0.1, 0.15) is 48.0 Å². The first-order valence-electron chi connectivity index (χ1n) is 7.53. The maximum atomic E-state index is 13.5. The monoisotopic (exact) mass is 302 g/mol. The predicted octanol–water partition coefficient (Wildman–Crippen LogP) is 2.91. The number of carbonyl (C=O) groups excluding carboxylic acids is 2. The van der Waals surface area contributed by atoms with Crippen LogP contribution in [0.4, 0.5) is 4.39 Å². The Hall–Kier alpha value is -2.22. The zero-order chi connectivity index (χ0) is 16.1. The van der Waals surface area contributed by atoms with Crippen LogP contribution in [-0.4, -0.2) is 17.7 Å². The molecule has 0 saturated heterocycles. The Morgan fingerprint density at radius 2 is 2.00 bits per heavy atom. The molecule has 0 bridgehead atoms. The number of rotatable bonds is 4. The lowest BCUT2D eigenvalue weighted by Gasteiger charge is -2.23. The average Bonchev–Trinajstić information content (AvgIpc) is 2.51. The van der Waals surface area contributed by atoms with Crippen molar-refractivity contribution < 1.29 is 14.0 Å². The molecule has 0 aromatic heterocycles. The van der Waals surface area contributed by atoms with Crippen LogP contribution in [0.2, 0.25) is 0 Å². The first kappa shape index (κ1) is 16.2. The fraction of sp³-hybridized carbons (Fsp3) is 0.471. The zero-order valence-corrected chi connectivity index (χ0v) is 12.6. The van der Waals surface area contributed by atoms with Crippen molar-refractivity contribution in [1.29, 1.82) is 5.26 Å². The maximum Gasteiger partial charge on any atom is 0.245 e. The molecule has 4 nitrogen and oxygen atoms in total. The lowest BCUT2D eigenvalue weighted by Crippen LogP contribution is -2.42. The van der Waals surface area contributed by atoms with Crippen LogP contribution in [0.15, 0.2) is 18.2 Å². The minimum absolute atomic E-state index is 0.0275. The molecular formula is C17H19FN2O2. The van der Waals surface area contributed by atoms with Crippen molar-refractivity contribution in [3.8, 4) is 6.07 Å². The second-order valence-electron chi connectivity index (χ2n) is 5.73. The van der Waals surface area contributed by atoms with Crippen molar-refractivity contribution in [2.75, 3.05) is 0 Å². The summed E-state index contributed by atoms with van der Waals surface area (Å²) in [7, 11) is 0. The van der Waals surface area contributed by atoms with Crippen LogP contribution < -0.4 is 5.32 Å². The molecule has 5 heteroatoms. The molecule has 1 unspecified atom stereocenters. The molecule has 1 N–H and O–H groups in total. The largest absolute Gasteiger partial charge is 0.352 e. The van der Waals surface area contributed by atoms with Gasteiger partial charge in [-0.3, -0.25) is 9.59 Å². The molecule has 1 saturated carbocycles. The fourth-order valence-electron chi connectivity index (χ4n) is 2.68. The number of nitriles is 1. The number of carbonyl (C=O) groups is 2. The second-order valence-corrected chi connectivity index (χ2v) is 5.73. The average molecular weight is 302 g/mol. The van der Waals surface area contributed by atoms with Gasteiger partial charge in [0.15, 0.2) is 11.7 Å². The molecule has 1 aromatic carbocycles. The van der Waals surface area contributed by atoms with Gasteiger partial charge < -0.3 is 5.32 Å². The molecule has 22 heavy (non-hydrogen) atoms. The molecule has 0 heterocycles.